The van der Waals surface area contributed by atoms with E-state index in [4.69, 9.17) is 9.47 Å². The number of benzene rings is 3. The van der Waals surface area contributed by atoms with E-state index in [1.165, 1.54) is 12.1 Å². The Bertz CT molecular complexity index is 1430. The van der Waals surface area contributed by atoms with Crippen molar-refractivity contribution in [1.29, 1.82) is 0 Å². The standard InChI is InChI=1S/C30H30FN3O4/c1-2-14-34(30(36)22-9-12-27-28(16-22)38-20-37-27)19-29(35)33(18-21-7-10-24(31)11-8-21)15-13-23-17-32-26-6-4-3-5-25(23)26/h3-12,16-17,32H,2,13-15,18-20H2,1H3. The van der Waals surface area contributed by atoms with Crippen LogP contribution in [0.5, 0.6) is 11.5 Å². The van der Waals surface area contributed by atoms with Crippen molar-refractivity contribution < 1.29 is 23.5 Å². The molecule has 0 spiro atoms. The zero-order valence-electron chi connectivity index (χ0n) is 21.3. The quantitative estimate of drug-likeness (QED) is 0.317. The lowest BCUT2D eigenvalue weighted by Crippen LogP contribution is -2.43. The van der Waals surface area contributed by atoms with Crippen LogP contribution in [-0.4, -0.2) is 53.0 Å². The fourth-order valence-electron chi connectivity index (χ4n) is 4.69. The molecular formula is C30H30FN3O4. The van der Waals surface area contributed by atoms with E-state index in [0.29, 0.717) is 49.5 Å². The molecule has 0 saturated heterocycles. The topological polar surface area (TPSA) is 74.9 Å². The van der Waals surface area contributed by atoms with Crippen LogP contribution in [0, 0.1) is 5.82 Å². The predicted molar refractivity (Wildman–Crippen MR) is 143 cm³/mol. The second-order valence-electron chi connectivity index (χ2n) is 9.35. The first-order valence-corrected chi connectivity index (χ1v) is 12.8. The Labute approximate surface area is 220 Å². The summed E-state index contributed by atoms with van der Waals surface area (Å²) in [6, 6.07) is 19.3. The molecule has 196 valence electrons. The average molecular weight is 516 g/mol. The molecule has 3 aromatic carbocycles. The number of aromatic nitrogens is 1. The van der Waals surface area contributed by atoms with Gasteiger partial charge in [0.15, 0.2) is 11.5 Å². The van der Waals surface area contributed by atoms with Crippen molar-refractivity contribution in [3.8, 4) is 11.5 Å². The van der Waals surface area contributed by atoms with Crippen LogP contribution in [0.25, 0.3) is 10.9 Å². The van der Waals surface area contributed by atoms with Gasteiger partial charge in [-0.3, -0.25) is 9.59 Å². The number of aromatic amines is 1. The van der Waals surface area contributed by atoms with Crippen molar-refractivity contribution in [3.63, 3.8) is 0 Å². The molecular weight excluding hydrogens is 485 g/mol. The van der Waals surface area contributed by atoms with Crippen LogP contribution in [0.3, 0.4) is 0 Å². The van der Waals surface area contributed by atoms with E-state index in [1.807, 2.05) is 31.3 Å². The first-order valence-electron chi connectivity index (χ1n) is 12.8. The molecule has 0 saturated carbocycles. The lowest BCUT2D eigenvalue weighted by molar-refractivity contribution is -0.132. The van der Waals surface area contributed by atoms with Crippen LogP contribution in [0.2, 0.25) is 0 Å². The Hall–Kier alpha value is -4.33. The van der Waals surface area contributed by atoms with Gasteiger partial charge in [0.25, 0.3) is 5.91 Å². The second-order valence-corrected chi connectivity index (χ2v) is 9.35. The minimum Gasteiger partial charge on any atom is -0.454 e. The van der Waals surface area contributed by atoms with Gasteiger partial charge < -0.3 is 24.3 Å². The molecule has 5 rings (SSSR count). The lowest BCUT2D eigenvalue weighted by Gasteiger charge is -2.28. The number of H-pyrrole nitrogens is 1. The molecule has 1 aromatic heterocycles. The van der Waals surface area contributed by atoms with Gasteiger partial charge in [-0.25, -0.2) is 4.39 Å². The Morgan fingerprint density at radius 1 is 0.947 bits per heavy atom. The lowest BCUT2D eigenvalue weighted by atomic mass is 10.1. The van der Waals surface area contributed by atoms with Crippen molar-refractivity contribution in [2.75, 3.05) is 26.4 Å². The first kappa shape index (κ1) is 25.3. The number of nitrogens with zero attached hydrogens (tertiary/aromatic N) is 2. The minimum absolute atomic E-state index is 0.0593. The maximum absolute atomic E-state index is 13.7. The monoisotopic (exact) mass is 515 g/mol. The number of halogens is 1. The summed E-state index contributed by atoms with van der Waals surface area (Å²) in [6.07, 6.45) is 3.31. The number of carbonyl (C=O) groups is 2. The summed E-state index contributed by atoms with van der Waals surface area (Å²) in [7, 11) is 0. The molecule has 7 nitrogen and oxygen atoms in total. The Morgan fingerprint density at radius 2 is 1.74 bits per heavy atom. The molecule has 1 aliphatic heterocycles. The van der Waals surface area contributed by atoms with Crippen molar-refractivity contribution >= 4 is 22.7 Å². The SMILES string of the molecule is CCCN(CC(=O)N(CCc1c[nH]c2ccccc12)Cc1ccc(F)cc1)C(=O)c1ccc2c(c1)OCO2. The van der Waals surface area contributed by atoms with Gasteiger partial charge in [-0.2, -0.15) is 0 Å². The van der Waals surface area contributed by atoms with Crippen LogP contribution in [0.1, 0.15) is 34.8 Å². The third-order valence-electron chi connectivity index (χ3n) is 6.69. The summed E-state index contributed by atoms with van der Waals surface area (Å²) in [6.45, 7) is 3.24. The number of amides is 2. The molecule has 1 aliphatic rings. The van der Waals surface area contributed by atoms with Crippen LogP contribution in [0.4, 0.5) is 4.39 Å². The van der Waals surface area contributed by atoms with Crippen molar-refractivity contribution in [2.45, 2.75) is 26.3 Å². The van der Waals surface area contributed by atoms with E-state index in [9.17, 15) is 14.0 Å². The maximum Gasteiger partial charge on any atom is 0.254 e. The van der Waals surface area contributed by atoms with E-state index in [-0.39, 0.29) is 31.0 Å². The largest absolute Gasteiger partial charge is 0.454 e. The van der Waals surface area contributed by atoms with E-state index in [2.05, 4.69) is 11.1 Å². The fraction of sp³-hybridized carbons (Fsp3) is 0.267. The average Bonchev–Trinajstić information content (AvgIpc) is 3.58. The molecule has 4 aromatic rings. The second kappa shape index (κ2) is 11.4. The molecule has 2 heterocycles. The van der Waals surface area contributed by atoms with Crippen LogP contribution >= 0.6 is 0 Å². The van der Waals surface area contributed by atoms with Gasteiger partial charge >= 0.3 is 0 Å². The van der Waals surface area contributed by atoms with Gasteiger partial charge in [0.05, 0.1) is 0 Å². The molecule has 0 bridgehead atoms. The summed E-state index contributed by atoms with van der Waals surface area (Å²) >= 11 is 0. The smallest absolute Gasteiger partial charge is 0.254 e. The van der Waals surface area contributed by atoms with E-state index < -0.39 is 0 Å². The van der Waals surface area contributed by atoms with Crippen LogP contribution in [-0.2, 0) is 17.8 Å². The maximum atomic E-state index is 13.7. The molecule has 2 amide bonds. The van der Waals surface area contributed by atoms with Crippen molar-refractivity contribution in [3.05, 3.63) is 95.4 Å². The number of hydrogen-bond acceptors (Lipinski definition) is 4. The van der Waals surface area contributed by atoms with E-state index in [1.54, 1.807) is 40.1 Å². The Kier molecular flexibility index (Phi) is 7.58. The highest BCUT2D eigenvalue weighted by molar-refractivity contribution is 5.97. The van der Waals surface area contributed by atoms with Gasteiger partial charge in [0.2, 0.25) is 12.7 Å². The minimum atomic E-state index is -0.325. The molecule has 0 unspecified atom stereocenters. The number of hydrogen-bond donors (Lipinski definition) is 1. The molecule has 0 aliphatic carbocycles. The number of para-hydroxylation sites is 1. The summed E-state index contributed by atoms with van der Waals surface area (Å²) < 4.78 is 24.3. The van der Waals surface area contributed by atoms with Gasteiger partial charge in [-0.15, -0.1) is 0 Å². The molecule has 0 radical (unpaired) electrons. The summed E-state index contributed by atoms with van der Waals surface area (Å²) in [5, 5.41) is 1.12. The number of ether oxygens (including phenoxy) is 2. The normalized spacial score (nSPS) is 12.1. The highest BCUT2D eigenvalue weighted by Crippen LogP contribution is 2.33. The van der Waals surface area contributed by atoms with E-state index >= 15 is 0 Å². The molecule has 8 heteroatoms. The molecule has 1 N–H and O–H groups in total. The van der Waals surface area contributed by atoms with Crippen LogP contribution < -0.4 is 9.47 Å². The first-order chi connectivity index (χ1) is 18.5. The number of nitrogens with one attached hydrogen (secondary N) is 1. The molecule has 0 fully saturated rings. The highest BCUT2D eigenvalue weighted by Gasteiger charge is 2.24. The third kappa shape index (κ3) is 5.64. The molecule has 0 atom stereocenters. The van der Waals surface area contributed by atoms with E-state index in [0.717, 1.165) is 22.0 Å². The summed E-state index contributed by atoms with van der Waals surface area (Å²) in [5.41, 5.74) is 3.42. The van der Waals surface area contributed by atoms with Gasteiger partial charge in [-0.05, 0) is 60.4 Å². The van der Waals surface area contributed by atoms with Crippen LogP contribution in [0.15, 0.2) is 72.9 Å². The Morgan fingerprint density at radius 3 is 2.55 bits per heavy atom. The third-order valence-corrected chi connectivity index (χ3v) is 6.69. The zero-order chi connectivity index (χ0) is 26.5. The number of carbonyl (C=O) groups excluding carboxylic acids is 2. The number of rotatable bonds is 10. The summed E-state index contributed by atoms with van der Waals surface area (Å²) in [4.78, 5) is 33.6. The predicted octanol–water partition coefficient (Wildman–Crippen LogP) is 5.16. The van der Waals surface area contributed by atoms with Gasteiger partial charge in [0, 0.05) is 42.3 Å². The van der Waals surface area contributed by atoms with Crippen molar-refractivity contribution in [1.82, 2.24) is 14.8 Å². The Balaban J connectivity index is 1.34. The fourth-order valence-corrected chi connectivity index (χ4v) is 4.69. The van der Waals surface area contributed by atoms with Gasteiger partial charge in [0.1, 0.15) is 12.4 Å². The zero-order valence-corrected chi connectivity index (χ0v) is 21.3. The van der Waals surface area contributed by atoms with Gasteiger partial charge in [-0.1, -0.05) is 37.3 Å². The number of fused-ring (bicyclic) bond motifs is 2. The molecule has 38 heavy (non-hydrogen) atoms. The van der Waals surface area contributed by atoms with Crippen molar-refractivity contribution in [2.24, 2.45) is 0 Å². The highest BCUT2D eigenvalue weighted by atomic mass is 19.1. The summed E-state index contributed by atoms with van der Waals surface area (Å²) in [5.74, 6) is 0.389.